The van der Waals surface area contributed by atoms with Gasteiger partial charge in [0, 0.05) is 59.6 Å². The molecule has 1 amide bonds. The minimum Gasteiger partial charge on any atom is -0.348 e. The predicted octanol–water partition coefficient (Wildman–Crippen LogP) is 5.09. The number of ketones is 2. The monoisotopic (exact) mass is 594 g/mol. The number of halogens is 1. The normalized spacial score (nSPS) is 20.1. The zero-order valence-electron chi connectivity index (χ0n) is 20.9. The van der Waals surface area contributed by atoms with Crippen LogP contribution < -0.4 is 0 Å². The predicted molar refractivity (Wildman–Crippen MR) is 150 cm³/mol. The van der Waals surface area contributed by atoms with Gasteiger partial charge in [0.2, 0.25) is 5.91 Å². The van der Waals surface area contributed by atoms with E-state index in [1.54, 1.807) is 19.0 Å². The van der Waals surface area contributed by atoms with Crippen LogP contribution in [0.4, 0.5) is 0 Å². The summed E-state index contributed by atoms with van der Waals surface area (Å²) >= 11 is 2.31. The van der Waals surface area contributed by atoms with Crippen molar-refractivity contribution in [2.45, 2.75) is 12.8 Å². The number of hydrogen-bond acceptors (Lipinski definition) is 4. The Morgan fingerprint density at radius 2 is 1.31 bits per heavy atom. The van der Waals surface area contributed by atoms with Crippen molar-refractivity contribution < 1.29 is 14.4 Å². The molecule has 1 fully saturated rings. The SMILES string of the molecule is Cc1c(I)cccc1C1C(C(=O)c2ccccc2)CN(CC(=O)N(C)C)CC1C(=O)c1ccccc1. The smallest absolute Gasteiger partial charge is 0.236 e. The molecule has 3 aromatic rings. The summed E-state index contributed by atoms with van der Waals surface area (Å²) in [4.78, 5) is 44.2. The molecule has 3 aromatic carbocycles. The number of likely N-dealkylation sites (N-methyl/N-ethyl adjacent to an activating group) is 1. The molecule has 5 nitrogen and oxygen atoms in total. The molecule has 0 bridgehead atoms. The molecule has 6 heteroatoms. The van der Waals surface area contributed by atoms with Crippen LogP contribution in [-0.4, -0.2) is 61.0 Å². The molecule has 1 aliphatic rings. The van der Waals surface area contributed by atoms with Crippen LogP contribution in [0.3, 0.4) is 0 Å². The van der Waals surface area contributed by atoms with Crippen molar-refractivity contribution in [3.63, 3.8) is 0 Å². The van der Waals surface area contributed by atoms with E-state index in [0.717, 1.165) is 14.7 Å². The molecule has 0 aliphatic carbocycles. The van der Waals surface area contributed by atoms with E-state index in [1.165, 1.54) is 0 Å². The zero-order chi connectivity index (χ0) is 25.8. The van der Waals surface area contributed by atoms with Gasteiger partial charge in [-0.1, -0.05) is 72.8 Å². The van der Waals surface area contributed by atoms with Crippen molar-refractivity contribution in [1.29, 1.82) is 0 Å². The van der Waals surface area contributed by atoms with Crippen LogP contribution in [0.25, 0.3) is 0 Å². The van der Waals surface area contributed by atoms with Gasteiger partial charge in [-0.05, 0) is 46.7 Å². The maximum atomic E-state index is 14.0. The molecule has 1 heterocycles. The molecule has 2 unspecified atom stereocenters. The summed E-state index contributed by atoms with van der Waals surface area (Å²) in [5, 5.41) is 0. The first-order valence-electron chi connectivity index (χ1n) is 12.1. The molecule has 0 radical (unpaired) electrons. The highest BCUT2D eigenvalue weighted by atomic mass is 127. The molecule has 0 spiro atoms. The van der Waals surface area contributed by atoms with Crippen LogP contribution in [0.1, 0.15) is 37.8 Å². The van der Waals surface area contributed by atoms with E-state index < -0.39 is 11.8 Å². The Morgan fingerprint density at radius 1 is 0.806 bits per heavy atom. The largest absolute Gasteiger partial charge is 0.348 e. The summed E-state index contributed by atoms with van der Waals surface area (Å²) in [5.41, 5.74) is 3.38. The van der Waals surface area contributed by atoms with Gasteiger partial charge in [0.1, 0.15) is 0 Å². The Hall–Kier alpha value is -2.84. The third kappa shape index (κ3) is 5.60. The minimum absolute atomic E-state index is 0.00623. The van der Waals surface area contributed by atoms with Crippen molar-refractivity contribution in [2.75, 3.05) is 33.7 Å². The van der Waals surface area contributed by atoms with Gasteiger partial charge in [0.05, 0.1) is 6.54 Å². The van der Waals surface area contributed by atoms with E-state index >= 15 is 0 Å². The Labute approximate surface area is 226 Å². The second-order valence-electron chi connectivity index (χ2n) is 9.64. The lowest BCUT2D eigenvalue weighted by molar-refractivity contribution is -0.130. The van der Waals surface area contributed by atoms with Crippen molar-refractivity contribution in [3.8, 4) is 0 Å². The van der Waals surface area contributed by atoms with Gasteiger partial charge in [0.15, 0.2) is 11.6 Å². The van der Waals surface area contributed by atoms with Crippen molar-refractivity contribution in [3.05, 3.63) is 105 Å². The van der Waals surface area contributed by atoms with E-state index in [9.17, 15) is 14.4 Å². The second kappa shape index (κ2) is 11.5. The number of piperidine rings is 1. The van der Waals surface area contributed by atoms with Gasteiger partial charge >= 0.3 is 0 Å². The van der Waals surface area contributed by atoms with E-state index in [-0.39, 0.29) is 29.9 Å². The van der Waals surface area contributed by atoms with Crippen LogP contribution in [0.15, 0.2) is 78.9 Å². The lowest BCUT2D eigenvalue weighted by atomic mass is 9.68. The Morgan fingerprint density at radius 3 is 1.78 bits per heavy atom. The third-order valence-electron chi connectivity index (χ3n) is 7.09. The van der Waals surface area contributed by atoms with E-state index in [1.807, 2.05) is 77.7 Å². The molecular weight excluding hydrogens is 563 g/mol. The summed E-state index contributed by atoms with van der Waals surface area (Å²) in [6.45, 7) is 3.07. The number of benzene rings is 3. The third-order valence-corrected chi connectivity index (χ3v) is 8.26. The fraction of sp³-hybridized carbons (Fsp3) is 0.300. The van der Waals surface area contributed by atoms with E-state index in [4.69, 9.17) is 0 Å². The van der Waals surface area contributed by atoms with Crippen molar-refractivity contribution in [2.24, 2.45) is 11.8 Å². The summed E-state index contributed by atoms with van der Waals surface area (Å²) in [5.74, 6) is -1.27. The molecule has 1 saturated heterocycles. The zero-order valence-corrected chi connectivity index (χ0v) is 23.0. The first-order chi connectivity index (χ1) is 17.3. The van der Waals surface area contributed by atoms with Gasteiger partial charge in [-0.25, -0.2) is 0 Å². The molecule has 1 aliphatic heterocycles. The highest BCUT2D eigenvalue weighted by molar-refractivity contribution is 14.1. The second-order valence-corrected chi connectivity index (χ2v) is 10.8. The van der Waals surface area contributed by atoms with Gasteiger partial charge in [-0.15, -0.1) is 0 Å². The molecule has 186 valence electrons. The average Bonchev–Trinajstić information content (AvgIpc) is 2.90. The summed E-state index contributed by atoms with van der Waals surface area (Å²) in [6.07, 6.45) is 0. The van der Waals surface area contributed by atoms with Crippen molar-refractivity contribution >= 4 is 40.1 Å². The number of carbonyl (C=O) groups is 3. The topological polar surface area (TPSA) is 57.7 Å². The van der Waals surface area contributed by atoms with Gasteiger partial charge in [0.25, 0.3) is 0 Å². The molecule has 0 saturated carbocycles. The first kappa shape index (κ1) is 26.2. The number of carbonyl (C=O) groups excluding carboxylic acids is 3. The number of Topliss-reactive ketones (excluding diaryl/α,β-unsaturated/α-hetero) is 2. The minimum atomic E-state index is -0.467. The summed E-state index contributed by atoms with van der Waals surface area (Å²) < 4.78 is 1.10. The average molecular weight is 594 g/mol. The molecule has 2 atom stereocenters. The molecule has 36 heavy (non-hydrogen) atoms. The molecular formula is C30H31IN2O3. The Bertz CT molecular complexity index is 1180. The van der Waals surface area contributed by atoms with Crippen LogP contribution in [-0.2, 0) is 4.79 Å². The molecule has 0 aromatic heterocycles. The maximum absolute atomic E-state index is 14.0. The van der Waals surface area contributed by atoms with E-state index in [0.29, 0.717) is 24.2 Å². The lowest BCUT2D eigenvalue weighted by Gasteiger charge is -2.43. The Kier molecular flexibility index (Phi) is 8.36. The fourth-order valence-corrected chi connectivity index (χ4v) is 5.66. The van der Waals surface area contributed by atoms with Crippen LogP contribution in [0.2, 0.25) is 0 Å². The van der Waals surface area contributed by atoms with E-state index in [2.05, 4.69) is 35.6 Å². The molecule has 4 rings (SSSR count). The van der Waals surface area contributed by atoms with Gasteiger partial charge in [-0.2, -0.15) is 0 Å². The standard InChI is InChI=1S/C30H31IN2O3/c1-20-23(15-10-16-26(20)31)28-24(29(35)21-11-6-4-7-12-21)17-33(19-27(34)32(2)3)18-25(28)30(36)22-13-8-5-9-14-22/h4-16,24-25,28H,17-19H2,1-3H3. The lowest BCUT2D eigenvalue weighted by Crippen LogP contribution is -2.52. The number of hydrogen-bond donors (Lipinski definition) is 0. The highest BCUT2D eigenvalue weighted by Crippen LogP contribution is 2.42. The number of nitrogens with zero attached hydrogens (tertiary/aromatic N) is 2. The summed E-state index contributed by atoms with van der Waals surface area (Å²) in [7, 11) is 3.45. The number of amides is 1. The number of rotatable bonds is 7. The van der Waals surface area contributed by atoms with Crippen LogP contribution in [0.5, 0.6) is 0 Å². The summed E-state index contributed by atoms with van der Waals surface area (Å²) in [6, 6.07) is 24.7. The Balaban J connectivity index is 1.85. The fourth-order valence-electron chi connectivity index (χ4n) is 5.14. The van der Waals surface area contributed by atoms with Crippen LogP contribution >= 0.6 is 22.6 Å². The maximum Gasteiger partial charge on any atom is 0.236 e. The molecule has 0 N–H and O–H groups in total. The first-order valence-corrected chi connectivity index (χ1v) is 13.2. The van der Waals surface area contributed by atoms with Crippen molar-refractivity contribution in [1.82, 2.24) is 9.80 Å². The quantitative estimate of drug-likeness (QED) is 0.283. The van der Waals surface area contributed by atoms with Gasteiger partial charge < -0.3 is 4.90 Å². The van der Waals surface area contributed by atoms with Crippen LogP contribution in [0, 0.1) is 22.3 Å². The highest BCUT2D eigenvalue weighted by Gasteiger charge is 2.45. The van der Waals surface area contributed by atoms with Gasteiger partial charge in [-0.3, -0.25) is 19.3 Å². The number of likely N-dealkylation sites (tertiary alicyclic amines) is 1.